The maximum atomic E-state index is 14.5. The van der Waals surface area contributed by atoms with Crippen LogP contribution in [-0.4, -0.2) is 50.2 Å². The van der Waals surface area contributed by atoms with Crippen LogP contribution in [0.15, 0.2) is 77.6 Å². The molecule has 0 unspecified atom stereocenters. The summed E-state index contributed by atoms with van der Waals surface area (Å²) in [5, 5.41) is 3.70. The smallest absolute Gasteiger partial charge is 0.228 e. The van der Waals surface area contributed by atoms with Crippen molar-refractivity contribution >= 4 is 33.4 Å². The molecule has 45 heavy (non-hydrogen) atoms. The Labute approximate surface area is 261 Å². The molecule has 8 nitrogen and oxygen atoms in total. The van der Waals surface area contributed by atoms with Crippen LogP contribution in [-0.2, 0) is 24.2 Å². The second kappa shape index (κ2) is 14.3. The molecule has 5 aromatic rings. The van der Waals surface area contributed by atoms with Crippen LogP contribution in [0.2, 0.25) is 0 Å². The molecule has 0 spiro atoms. The number of rotatable bonds is 13. The van der Waals surface area contributed by atoms with E-state index in [-0.39, 0.29) is 28.7 Å². The number of hydrogen-bond donors (Lipinski definition) is 2. The highest BCUT2D eigenvalue weighted by Crippen LogP contribution is 2.28. The van der Waals surface area contributed by atoms with Crippen LogP contribution in [0.25, 0.3) is 21.8 Å². The van der Waals surface area contributed by atoms with Crippen molar-refractivity contribution in [2.24, 2.45) is 0 Å². The summed E-state index contributed by atoms with van der Waals surface area (Å²) in [6.07, 6.45) is 1.56. The summed E-state index contributed by atoms with van der Waals surface area (Å²) in [5.74, 6) is 1.42. The number of aromatic nitrogens is 1. The van der Waals surface area contributed by atoms with Crippen molar-refractivity contribution in [3.63, 3.8) is 0 Å². The molecule has 1 amide bonds. The van der Waals surface area contributed by atoms with E-state index in [2.05, 4.69) is 22.2 Å². The SMILES string of the molecule is CCc1cc(OCCCN(C)Cc2ccc(OC)c(OC)c2)ccc1NC(=O)Cc1cccc2c(=O)c3cccc(F)c3[nH]c12. The Morgan fingerprint density at radius 1 is 0.911 bits per heavy atom. The summed E-state index contributed by atoms with van der Waals surface area (Å²) in [7, 11) is 5.33. The number of benzene rings is 4. The predicted octanol–water partition coefficient (Wildman–Crippen LogP) is 6.48. The average molecular weight is 612 g/mol. The quantitative estimate of drug-likeness (QED) is 0.117. The molecule has 5 rings (SSSR count). The lowest BCUT2D eigenvalue weighted by atomic mass is 10.0. The molecule has 0 saturated carbocycles. The third-order valence-electron chi connectivity index (χ3n) is 7.84. The lowest BCUT2D eigenvalue weighted by molar-refractivity contribution is -0.115. The van der Waals surface area contributed by atoms with Gasteiger partial charge in [0, 0.05) is 29.5 Å². The van der Waals surface area contributed by atoms with Crippen molar-refractivity contribution in [2.75, 3.05) is 39.7 Å². The molecule has 0 atom stereocenters. The van der Waals surface area contributed by atoms with Crippen LogP contribution in [0, 0.1) is 5.82 Å². The van der Waals surface area contributed by atoms with Gasteiger partial charge in [0.15, 0.2) is 16.9 Å². The number of carbonyl (C=O) groups is 1. The van der Waals surface area contributed by atoms with Crippen LogP contribution in [0.4, 0.5) is 10.1 Å². The molecule has 0 aliphatic carbocycles. The molecule has 1 heterocycles. The summed E-state index contributed by atoms with van der Waals surface area (Å²) in [5.41, 5.74) is 3.73. The van der Waals surface area contributed by atoms with E-state index >= 15 is 0 Å². The number of halogens is 1. The summed E-state index contributed by atoms with van der Waals surface area (Å²) in [6.45, 7) is 4.20. The number of para-hydroxylation sites is 2. The number of hydrogen-bond acceptors (Lipinski definition) is 6. The number of ether oxygens (including phenoxy) is 3. The van der Waals surface area contributed by atoms with Gasteiger partial charge in [-0.3, -0.25) is 9.59 Å². The molecular formula is C36H38FN3O5. The Hall–Kier alpha value is -4.89. The first-order chi connectivity index (χ1) is 21.8. The van der Waals surface area contributed by atoms with E-state index in [1.54, 1.807) is 38.5 Å². The van der Waals surface area contributed by atoms with Gasteiger partial charge in [-0.25, -0.2) is 4.39 Å². The van der Waals surface area contributed by atoms with Gasteiger partial charge in [0.25, 0.3) is 0 Å². The van der Waals surface area contributed by atoms with Crippen molar-refractivity contribution in [2.45, 2.75) is 32.7 Å². The second-order valence-electron chi connectivity index (χ2n) is 11.0. The number of nitrogens with zero attached hydrogens (tertiary/aromatic N) is 1. The van der Waals surface area contributed by atoms with Gasteiger partial charge >= 0.3 is 0 Å². The van der Waals surface area contributed by atoms with Crippen LogP contribution in [0.5, 0.6) is 17.2 Å². The Bertz CT molecular complexity index is 1890. The van der Waals surface area contributed by atoms with Crippen LogP contribution in [0.1, 0.15) is 30.0 Å². The van der Waals surface area contributed by atoms with Gasteiger partial charge in [-0.2, -0.15) is 0 Å². The van der Waals surface area contributed by atoms with Gasteiger partial charge in [0.2, 0.25) is 5.91 Å². The Morgan fingerprint density at radius 3 is 2.42 bits per heavy atom. The largest absolute Gasteiger partial charge is 0.494 e. The molecule has 9 heteroatoms. The predicted molar refractivity (Wildman–Crippen MR) is 176 cm³/mol. The third-order valence-corrected chi connectivity index (χ3v) is 7.84. The van der Waals surface area contributed by atoms with Gasteiger partial charge in [-0.1, -0.05) is 31.2 Å². The molecule has 0 aliphatic rings. The number of amides is 1. The number of aromatic amines is 1. The first-order valence-electron chi connectivity index (χ1n) is 15.0. The topological polar surface area (TPSA) is 92.9 Å². The van der Waals surface area contributed by atoms with Gasteiger partial charge < -0.3 is 29.4 Å². The van der Waals surface area contributed by atoms with E-state index in [4.69, 9.17) is 14.2 Å². The fourth-order valence-electron chi connectivity index (χ4n) is 5.53. The minimum Gasteiger partial charge on any atom is -0.494 e. The van der Waals surface area contributed by atoms with Gasteiger partial charge in [0.05, 0.1) is 38.3 Å². The molecule has 0 bridgehead atoms. The summed E-state index contributed by atoms with van der Waals surface area (Å²) < 4.78 is 31.2. The molecule has 4 aromatic carbocycles. The van der Waals surface area contributed by atoms with Crippen molar-refractivity contribution < 1.29 is 23.4 Å². The number of nitrogens with one attached hydrogen (secondary N) is 2. The highest BCUT2D eigenvalue weighted by atomic mass is 19.1. The lowest BCUT2D eigenvalue weighted by Crippen LogP contribution is -2.21. The van der Waals surface area contributed by atoms with Crippen molar-refractivity contribution in [3.05, 3.63) is 106 Å². The molecule has 0 aliphatic heterocycles. The zero-order valence-corrected chi connectivity index (χ0v) is 26.0. The van der Waals surface area contributed by atoms with Gasteiger partial charge in [-0.05, 0) is 85.1 Å². The summed E-state index contributed by atoms with van der Waals surface area (Å²) >= 11 is 0. The van der Waals surface area contributed by atoms with Crippen molar-refractivity contribution in [1.82, 2.24) is 9.88 Å². The van der Waals surface area contributed by atoms with Crippen LogP contribution < -0.4 is 25.0 Å². The standard InChI is InChI=1S/C36H38FN3O5/c1-5-24-20-26(45-18-8-17-40(2)22-23-13-16-31(43-3)32(19-23)44-4)14-15-30(24)38-33(41)21-25-9-6-10-27-34(25)39-35-28(36(27)42)11-7-12-29(35)37/h6-7,9-16,19-20H,5,8,17-18,21-22H2,1-4H3,(H,38,41)(H,39,42). The van der Waals surface area contributed by atoms with Gasteiger partial charge in [0.1, 0.15) is 11.6 Å². The van der Waals surface area contributed by atoms with E-state index < -0.39 is 5.82 Å². The fraction of sp³-hybridized carbons (Fsp3) is 0.278. The molecule has 0 fully saturated rings. The highest BCUT2D eigenvalue weighted by molar-refractivity contribution is 5.98. The maximum absolute atomic E-state index is 14.5. The fourth-order valence-corrected chi connectivity index (χ4v) is 5.53. The lowest BCUT2D eigenvalue weighted by Gasteiger charge is -2.18. The summed E-state index contributed by atoms with van der Waals surface area (Å²) in [6, 6.07) is 21.2. The maximum Gasteiger partial charge on any atom is 0.228 e. The van der Waals surface area contributed by atoms with E-state index in [1.807, 2.05) is 43.3 Å². The van der Waals surface area contributed by atoms with Gasteiger partial charge in [-0.15, -0.1) is 0 Å². The molecule has 0 saturated heterocycles. The second-order valence-corrected chi connectivity index (χ2v) is 11.0. The minimum atomic E-state index is -0.512. The highest BCUT2D eigenvalue weighted by Gasteiger charge is 2.15. The van der Waals surface area contributed by atoms with E-state index in [9.17, 15) is 14.0 Å². The van der Waals surface area contributed by atoms with Crippen LogP contribution >= 0.6 is 0 Å². The first kappa shape index (κ1) is 31.5. The number of aryl methyl sites for hydroxylation is 1. The molecule has 2 N–H and O–H groups in total. The van der Waals surface area contributed by atoms with Crippen molar-refractivity contribution in [1.29, 1.82) is 0 Å². The molecular weight excluding hydrogens is 573 g/mol. The number of pyridine rings is 1. The number of H-pyrrole nitrogens is 1. The van der Waals surface area contributed by atoms with E-state index in [1.165, 1.54) is 12.1 Å². The van der Waals surface area contributed by atoms with Crippen LogP contribution in [0.3, 0.4) is 0 Å². The Kier molecular flexibility index (Phi) is 9.99. The number of methoxy groups -OCH3 is 2. The van der Waals surface area contributed by atoms with E-state index in [0.717, 1.165) is 36.4 Å². The zero-order valence-electron chi connectivity index (χ0n) is 26.0. The van der Waals surface area contributed by atoms with E-state index in [0.29, 0.717) is 46.7 Å². The number of carbonyl (C=O) groups excluding carboxylic acids is 1. The molecule has 0 radical (unpaired) electrons. The monoisotopic (exact) mass is 611 g/mol. The average Bonchev–Trinajstić information content (AvgIpc) is 3.04. The number of fused-ring (bicyclic) bond motifs is 2. The Morgan fingerprint density at radius 2 is 1.67 bits per heavy atom. The third kappa shape index (κ3) is 7.26. The number of anilines is 1. The normalized spacial score (nSPS) is 11.2. The molecule has 1 aromatic heterocycles. The minimum absolute atomic E-state index is 0.0193. The first-order valence-corrected chi connectivity index (χ1v) is 15.0. The zero-order chi connectivity index (χ0) is 31.9. The Balaban J connectivity index is 1.18. The van der Waals surface area contributed by atoms with Crippen molar-refractivity contribution in [3.8, 4) is 17.2 Å². The molecule has 234 valence electrons. The summed E-state index contributed by atoms with van der Waals surface area (Å²) in [4.78, 5) is 31.4.